The SMILES string of the molecule is CC(C)CNC(=O)c1ccccc1NC(=O)COC(=O)Cc1cccc(F)c1. The summed E-state index contributed by atoms with van der Waals surface area (Å²) in [5, 5.41) is 5.36. The number of hydrogen-bond donors (Lipinski definition) is 2. The number of ether oxygens (including phenoxy) is 1. The molecule has 0 fully saturated rings. The lowest BCUT2D eigenvalue weighted by Crippen LogP contribution is -2.29. The Morgan fingerprint density at radius 1 is 1.07 bits per heavy atom. The number of rotatable bonds is 8. The maximum absolute atomic E-state index is 13.1. The smallest absolute Gasteiger partial charge is 0.310 e. The van der Waals surface area contributed by atoms with E-state index in [9.17, 15) is 18.8 Å². The number of hydrogen-bond acceptors (Lipinski definition) is 4. The molecule has 148 valence electrons. The topological polar surface area (TPSA) is 84.5 Å². The van der Waals surface area contributed by atoms with Crippen molar-refractivity contribution in [3.63, 3.8) is 0 Å². The van der Waals surface area contributed by atoms with Crippen molar-refractivity contribution < 1.29 is 23.5 Å². The van der Waals surface area contributed by atoms with Crippen LogP contribution >= 0.6 is 0 Å². The van der Waals surface area contributed by atoms with E-state index in [2.05, 4.69) is 10.6 Å². The van der Waals surface area contributed by atoms with Gasteiger partial charge in [-0.2, -0.15) is 0 Å². The van der Waals surface area contributed by atoms with Crippen molar-refractivity contribution in [3.8, 4) is 0 Å². The summed E-state index contributed by atoms with van der Waals surface area (Å²) in [6.07, 6.45) is -0.140. The van der Waals surface area contributed by atoms with Gasteiger partial charge in [-0.1, -0.05) is 38.1 Å². The predicted molar refractivity (Wildman–Crippen MR) is 103 cm³/mol. The van der Waals surface area contributed by atoms with Crippen LogP contribution in [0, 0.1) is 11.7 Å². The monoisotopic (exact) mass is 386 g/mol. The van der Waals surface area contributed by atoms with Gasteiger partial charge in [-0.15, -0.1) is 0 Å². The lowest BCUT2D eigenvalue weighted by Gasteiger charge is -2.12. The highest BCUT2D eigenvalue weighted by atomic mass is 19.1. The van der Waals surface area contributed by atoms with Crippen LogP contribution in [0.2, 0.25) is 0 Å². The minimum Gasteiger partial charge on any atom is -0.455 e. The molecule has 0 saturated carbocycles. The van der Waals surface area contributed by atoms with Gasteiger partial charge in [0.05, 0.1) is 17.7 Å². The highest BCUT2D eigenvalue weighted by Gasteiger charge is 2.14. The zero-order valence-electron chi connectivity index (χ0n) is 15.8. The van der Waals surface area contributed by atoms with Crippen LogP contribution in [0.5, 0.6) is 0 Å². The summed E-state index contributed by atoms with van der Waals surface area (Å²) in [5.74, 6) is -1.67. The van der Waals surface area contributed by atoms with Gasteiger partial charge in [-0.25, -0.2) is 4.39 Å². The van der Waals surface area contributed by atoms with Gasteiger partial charge in [0, 0.05) is 6.54 Å². The number of benzene rings is 2. The van der Waals surface area contributed by atoms with E-state index in [-0.39, 0.29) is 12.3 Å². The molecule has 0 saturated heterocycles. The van der Waals surface area contributed by atoms with Gasteiger partial charge in [0.25, 0.3) is 11.8 Å². The molecule has 2 rings (SSSR count). The number of para-hydroxylation sites is 1. The van der Waals surface area contributed by atoms with Gasteiger partial charge in [0.15, 0.2) is 6.61 Å². The Bertz CT molecular complexity index is 852. The molecule has 0 bridgehead atoms. The van der Waals surface area contributed by atoms with Crippen LogP contribution in [0.3, 0.4) is 0 Å². The van der Waals surface area contributed by atoms with Crippen molar-refractivity contribution in [2.45, 2.75) is 20.3 Å². The number of amides is 2. The largest absolute Gasteiger partial charge is 0.455 e. The fourth-order valence-electron chi connectivity index (χ4n) is 2.38. The first-order valence-electron chi connectivity index (χ1n) is 8.92. The summed E-state index contributed by atoms with van der Waals surface area (Å²) in [6.45, 7) is 3.97. The van der Waals surface area contributed by atoms with Gasteiger partial charge in [0.2, 0.25) is 0 Å². The van der Waals surface area contributed by atoms with Gasteiger partial charge in [0.1, 0.15) is 5.82 Å². The van der Waals surface area contributed by atoms with Crippen molar-refractivity contribution in [1.29, 1.82) is 0 Å². The minimum absolute atomic E-state index is 0.140. The molecule has 0 radical (unpaired) electrons. The second-order valence-corrected chi connectivity index (χ2v) is 6.67. The van der Waals surface area contributed by atoms with Gasteiger partial charge >= 0.3 is 5.97 Å². The molecule has 0 heterocycles. The van der Waals surface area contributed by atoms with Crippen LogP contribution in [0.25, 0.3) is 0 Å². The van der Waals surface area contributed by atoms with Crippen LogP contribution < -0.4 is 10.6 Å². The summed E-state index contributed by atoms with van der Waals surface area (Å²) < 4.78 is 18.1. The van der Waals surface area contributed by atoms with Crippen molar-refractivity contribution in [1.82, 2.24) is 5.32 Å². The molecule has 0 aliphatic carbocycles. The molecular formula is C21H23FN2O4. The highest BCUT2D eigenvalue weighted by molar-refractivity contribution is 6.04. The van der Waals surface area contributed by atoms with Crippen LogP contribution in [0.4, 0.5) is 10.1 Å². The van der Waals surface area contributed by atoms with E-state index in [0.717, 1.165) is 0 Å². The molecule has 0 aromatic heterocycles. The Balaban J connectivity index is 1.89. The second kappa shape index (κ2) is 10.2. The zero-order chi connectivity index (χ0) is 20.5. The molecule has 0 aliphatic heterocycles. The van der Waals surface area contributed by atoms with E-state index in [1.165, 1.54) is 18.2 Å². The summed E-state index contributed by atoms with van der Waals surface area (Å²) in [4.78, 5) is 36.2. The first-order valence-corrected chi connectivity index (χ1v) is 8.92. The second-order valence-electron chi connectivity index (χ2n) is 6.67. The van der Waals surface area contributed by atoms with Crippen molar-refractivity contribution >= 4 is 23.5 Å². The van der Waals surface area contributed by atoms with Crippen LogP contribution in [0.15, 0.2) is 48.5 Å². The first kappa shape index (κ1) is 21.1. The highest BCUT2D eigenvalue weighted by Crippen LogP contribution is 2.15. The van der Waals surface area contributed by atoms with Crippen LogP contribution in [-0.4, -0.2) is 30.9 Å². The minimum atomic E-state index is -0.649. The van der Waals surface area contributed by atoms with E-state index < -0.39 is 24.3 Å². The van der Waals surface area contributed by atoms with E-state index in [0.29, 0.717) is 29.3 Å². The molecule has 2 N–H and O–H groups in total. The number of halogens is 1. The molecule has 7 heteroatoms. The Morgan fingerprint density at radius 3 is 2.54 bits per heavy atom. The number of nitrogens with one attached hydrogen (secondary N) is 2. The lowest BCUT2D eigenvalue weighted by atomic mass is 10.1. The molecule has 0 atom stereocenters. The van der Waals surface area contributed by atoms with Gasteiger partial charge in [-0.05, 0) is 35.7 Å². The molecular weight excluding hydrogens is 363 g/mol. The summed E-state index contributed by atoms with van der Waals surface area (Å²) in [7, 11) is 0. The maximum Gasteiger partial charge on any atom is 0.310 e. The average molecular weight is 386 g/mol. The molecule has 0 aliphatic rings. The molecule has 2 aromatic rings. The number of esters is 1. The van der Waals surface area contributed by atoms with Gasteiger partial charge in [-0.3, -0.25) is 14.4 Å². The summed E-state index contributed by atoms with van der Waals surface area (Å²) in [6, 6.07) is 12.2. The molecule has 2 aromatic carbocycles. The molecule has 0 unspecified atom stereocenters. The van der Waals surface area contributed by atoms with E-state index in [4.69, 9.17) is 4.74 Å². The van der Waals surface area contributed by atoms with E-state index in [1.807, 2.05) is 13.8 Å². The van der Waals surface area contributed by atoms with E-state index >= 15 is 0 Å². The summed E-state index contributed by atoms with van der Waals surface area (Å²) in [5.41, 5.74) is 1.11. The third-order valence-corrected chi connectivity index (χ3v) is 3.72. The molecule has 0 spiro atoms. The third kappa shape index (κ3) is 6.83. The van der Waals surface area contributed by atoms with Crippen molar-refractivity contribution in [3.05, 3.63) is 65.5 Å². The third-order valence-electron chi connectivity index (χ3n) is 3.72. The van der Waals surface area contributed by atoms with Crippen LogP contribution in [-0.2, 0) is 20.7 Å². The Morgan fingerprint density at radius 2 is 1.82 bits per heavy atom. The Labute approximate surface area is 163 Å². The molecule has 28 heavy (non-hydrogen) atoms. The van der Waals surface area contributed by atoms with Crippen molar-refractivity contribution in [2.24, 2.45) is 5.92 Å². The normalized spacial score (nSPS) is 10.4. The van der Waals surface area contributed by atoms with Crippen LogP contribution in [0.1, 0.15) is 29.8 Å². The zero-order valence-corrected chi connectivity index (χ0v) is 15.8. The fourth-order valence-corrected chi connectivity index (χ4v) is 2.38. The lowest BCUT2D eigenvalue weighted by molar-refractivity contribution is -0.146. The Kier molecular flexibility index (Phi) is 7.68. The van der Waals surface area contributed by atoms with E-state index in [1.54, 1.807) is 30.3 Å². The molecule has 6 nitrogen and oxygen atoms in total. The number of anilines is 1. The number of carbonyl (C=O) groups is 3. The number of carbonyl (C=O) groups excluding carboxylic acids is 3. The van der Waals surface area contributed by atoms with Crippen molar-refractivity contribution in [2.75, 3.05) is 18.5 Å². The summed E-state index contributed by atoms with van der Waals surface area (Å²) >= 11 is 0. The average Bonchev–Trinajstić information content (AvgIpc) is 2.65. The maximum atomic E-state index is 13.1. The molecule has 2 amide bonds. The standard InChI is InChI=1S/C21H23FN2O4/c1-14(2)12-23-21(27)17-8-3-4-9-18(17)24-19(25)13-28-20(26)11-15-6-5-7-16(22)10-15/h3-10,14H,11-13H2,1-2H3,(H,23,27)(H,24,25). The Hall–Kier alpha value is -3.22. The fraction of sp³-hybridized carbons (Fsp3) is 0.286. The first-order chi connectivity index (χ1) is 13.3. The van der Waals surface area contributed by atoms with Gasteiger partial charge < -0.3 is 15.4 Å². The quantitative estimate of drug-likeness (QED) is 0.683. The predicted octanol–water partition coefficient (Wildman–Crippen LogP) is 2.94.